The molecule has 0 atom stereocenters. The lowest BCUT2D eigenvalue weighted by Gasteiger charge is -2.13. The fourth-order valence-electron chi connectivity index (χ4n) is 1.48. The van der Waals surface area contributed by atoms with E-state index in [0.29, 0.717) is 13.1 Å². The average molecular weight is 174 g/mol. The lowest BCUT2D eigenvalue weighted by molar-refractivity contribution is 0.483. The molecular formula is C6H10N2O2S. The van der Waals surface area contributed by atoms with Crippen LogP contribution >= 0.6 is 0 Å². The Morgan fingerprint density at radius 3 is 2.91 bits per heavy atom. The van der Waals surface area contributed by atoms with Crippen LogP contribution in [-0.2, 0) is 10.2 Å². The van der Waals surface area contributed by atoms with Crippen molar-refractivity contribution in [1.29, 1.82) is 0 Å². The van der Waals surface area contributed by atoms with Crippen molar-refractivity contribution in [2.45, 2.75) is 6.42 Å². The van der Waals surface area contributed by atoms with Crippen LogP contribution in [0.3, 0.4) is 0 Å². The highest BCUT2D eigenvalue weighted by molar-refractivity contribution is 7.87. The van der Waals surface area contributed by atoms with E-state index < -0.39 is 10.2 Å². The van der Waals surface area contributed by atoms with Crippen molar-refractivity contribution in [2.75, 3.05) is 20.1 Å². The standard InChI is InChI=1S/C6H10N2O2S/c1-7-5-6-3-2-4-8(6)11(7,9)10/h3H,2,4-5H2,1H3. The Morgan fingerprint density at radius 2 is 2.27 bits per heavy atom. The van der Waals surface area contributed by atoms with Gasteiger partial charge in [0.25, 0.3) is 0 Å². The van der Waals surface area contributed by atoms with Gasteiger partial charge in [0.15, 0.2) is 0 Å². The van der Waals surface area contributed by atoms with Crippen LogP contribution in [0.2, 0.25) is 0 Å². The van der Waals surface area contributed by atoms with Crippen molar-refractivity contribution in [1.82, 2.24) is 8.61 Å². The first-order chi connectivity index (χ1) is 5.12. The highest BCUT2D eigenvalue weighted by Crippen LogP contribution is 2.28. The minimum Gasteiger partial charge on any atom is -0.260 e. The Bertz CT molecular complexity index is 307. The number of likely N-dealkylation sites (N-methyl/N-ethyl adjacent to an activating group) is 1. The summed E-state index contributed by atoms with van der Waals surface area (Å²) in [5.74, 6) is 0. The van der Waals surface area contributed by atoms with E-state index in [9.17, 15) is 8.42 Å². The first-order valence-corrected chi connectivity index (χ1v) is 4.95. The fraction of sp³-hybridized carbons (Fsp3) is 0.667. The average Bonchev–Trinajstić information content (AvgIpc) is 2.41. The number of rotatable bonds is 0. The van der Waals surface area contributed by atoms with Gasteiger partial charge in [0, 0.05) is 19.3 Å². The molecule has 0 spiro atoms. The van der Waals surface area contributed by atoms with Crippen LogP contribution in [0.5, 0.6) is 0 Å². The van der Waals surface area contributed by atoms with E-state index in [1.54, 1.807) is 7.05 Å². The van der Waals surface area contributed by atoms with Crippen molar-refractivity contribution in [3.05, 3.63) is 11.8 Å². The van der Waals surface area contributed by atoms with Gasteiger partial charge >= 0.3 is 10.2 Å². The summed E-state index contributed by atoms with van der Waals surface area (Å²) in [6.45, 7) is 1.17. The maximum Gasteiger partial charge on any atom is 0.303 e. The lowest BCUT2D eigenvalue weighted by Crippen LogP contribution is -2.29. The van der Waals surface area contributed by atoms with Crippen LogP contribution in [0, 0.1) is 0 Å². The molecule has 0 saturated carbocycles. The van der Waals surface area contributed by atoms with E-state index in [1.807, 2.05) is 6.08 Å². The topological polar surface area (TPSA) is 40.6 Å². The van der Waals surface area contributed by atoms with Crippen LogP contribution in [0.25, 0.3) is 0 Å². The SMILES string of the molecule is CN1CC2=CCCN2S1(=O)=O. The van der Waals surface area contributed by atoms with Gasteiger partial charge in [-0.05, 0) is 6.42 Å². The molecule has 1 fully saturated rings. The zero-order valence-corrected chi connectivity index (χ0v) is 7.13. The second kappa shape index (κ2) is 1.98. The predicted molar refractivity (Wildman–Crippen MR) is 41.0 cm³/mol. The van der Waals surface area contributed by atoms with Gasteiger partial charge in [0.05, 0.1) is 6.54 Å². The van der Waals surface area contributed by atoms with Crippen molar-refractivity contribution >= 4 is 10.2 Å². The second-order valence-electron chi connectivity index (χ2n) is 2.82. The maximum atomic E-state index is 11.4. The lowest BCUT2D eigenvalue weighted by atomic mass is 10.4. The third kappa shape index (κ3) is 0.810. The van der Waals surface area contributed by atoms with Crippen molar-refractivity contribution < 1.29 is 8.42 Å². The van der Waals surface area contributed by atoms with Crippen molar-refractivity contribution in [3.8, 4) is 0 Å². The zero-order valence-electron chi connectivity index (χ0n) is 6.32. The van der Waals surface area contributed by atoms with Crippen LogP contribution in [-0.4, -0.2) is 37.2 Å². The summed E-state index contributed by atoms with van der Waals surface area (Å²) in [5.41, 5.74) is 0.938. The summed E-state index contributed by atoms with van der Waals surface area (Å²) < 4.78 is 25.6. The highest BCUT2D eigenvalue weighted by atomic mass is 32.2. The van der Waals surface area contributed by atoms with Gasteiger partial charge in [0.1, 0.15) is 0 Å². The van der Waals surface area contributed by atoms with Gasteiger partial charge in [-0.3, -0.25) is 4.31 Å². The van der Waals surface area contributed by atoms with E-state index in [1.165, 1.54) is 8.61 Å². The monoisotopic (exact) mass is 174 g/mol. The van der Waals surface area contributed by atoms with Crippen LogP contribution in [0.15, 0.2) is 11.8 Å². The molecule has 0 unspecified atom stereocenters. The Kier molecular flexibility index (Phi) is 1.28. The summed E-state index contributed by atoms with van der Waals surface area (Å²) in [5, 5.41) is 0. The molecule has 0 aromatic carbocycles. The molecule has 0 aliphatic carbocycles. The Hall–Kier alpha value is -0.550. The minimum atomic E-state index is -3.10. The summed E-state index contributed by atoms with van der Waals surface area (Å²) in [4.78, 5) is 0. The third-order valence-corrected chi connectivity index (χ3v) is 3.98. The molecule has 0 amide bonds. The molecule has 5 heteroatoms. The number of fused-ring (bicyclic) bond motifs is 1. The molecule has 0 N–H and O–H groups in total. The summed E-state index contributed by atoms with van der Waals surface area (Å²) in [7, 11) is -1.50. The quantitative estimate of drug-likeness (QED) is 0.509. The summed E-state index contributed by atoms with van der Waals surface area (Å²) in [6, 6.07) is 0. The zero-order chi connectivity index (χ0) is 8.06. The molecule has 2 heterocycles. The molecule has 2 rings (SSSR count). The van der Waals surface area contributed by atoms with Crippen molar-refractivity contribution in [2.24, 2.45) is 0 Å². The first kappa shape index (κ1) is 7.12. The van der Waals surface area contributed by atoms with Crippen LogP contribution in [0.4, 0.5) is 0 Å². The Morgan fingerprint density at radius 1 is 1.55 bits per heavy atom. The second-order valence-corrected chi connectivity index (χ2v) is 4.78. The van der Waals surface area contributed by atoms with Crippen molar-refractivity contribution in [3.63, 3.8) is 0 Å². The molecule has 0 bridgehead atoms. The van der Waals surface area contributed by atoms with Gasteiger partial charge in [-0.2, -0.15) is 12.7 Å². The number of hydrogen-bond donors (Lipinski definition) is 0. The maximum absolute atomic E-state index is 11.4. The molecule has 0 radical (unpaired) electrons. The molecule has 1 saturated heterocycles. The Balaban J connectivity index is 2.47. The smallest absolute Gasteiger partial charge is 0.260 e. The molecule has 62 valence electrons. The van der Waals surface area contributed by atoms with Gasteiger partial charge in [-0.25, -0.2) is 0 Å². The fourth-order valence-corrected chi connectivity index (χ4v) is 2.88. The Labute approximate surface area is 66.3 Å². The minimum absolute atomic E-state index is 0.544. The first-order valence-electron chi connectivity index (χ1n) is 3.55. The van der Waals surface area contributed by atoms with Crippen LogP contribution < -0.4 is 0 Å². The van der Waals surface area contributed by atoms with Gasteiger partial charge in [0.2, 0.25) is 0 Å². The van der Waals surface area contributed by atoms with E-state index >= 15 is 0 Å². The molecule has 2 aliphatic rings. The number of nitrogens with zero attached hydrogens (tertiary/aromatic N) is 2. The molecular weight excluding hydrogens is 164 g/mol. The number of hydrogen-bond acceptors (Lipinski definition) is 2. The van der Waals surface area contributed by atoms with E-state index in [-0.39, 0.29) is 0 Å². The third-order valence-electron chi connectivity index (χ3n) is 2.09. The largest absolute Gasteiger partial charge is 0.303 e. The molecule has 11 heavy (non-hydrogen) atoms. The van der Waals surface area contributed by atoms with Gasteiger partial charge < -0.3 is 0 Å². The van der Waals surface area contributed by atoms with E-state index in [0.717, 1.165) is 12.1 Å². The predicted octanol–water partition coefficient (Wildman–Crippen LogP) is -0.234. The molecule has 4 nitrogen and oxygen atoms in total. The van der Waals surface area contributed by atoms with Gasteiger partial charge in [-0.1, -0.05) is 6.08 Å². The van der Waals surface area contributed by atoms with Crippen LogP contribution in [0.1, 0.15) is 6.42 Å². The normalized spacial score (nSPS) is 28.8. The van der Waals surface area contributed by atoms with E-state index in [4.69, 9.17) is 0 Å². The highest BCUT2D eigenvalue weighted by Gasteiger charge is 2.38. The molecule has 0 aromatic heterocycles. The van der Waals surface area contributed by atoms with E-state index in [2.05, 4.69) is 0 Å². The summed E-state index contributed by atoms with van der Waals surface area (Å²) >= 11 is 0. The van der Waals surface area contributed by atoms with Gasteiger partial charge in [-0.15, -0.1) is 0 Å². The summed E-state index contributed by atoms with van der Waals surface area (Å²) in [6.07, 6.45) is 2.85. The molecule has 2 aliphatic heterocycles. The molecule has 0 aromatic rings.